The summed E-state index contributed by atoms with van der Waals surface area (Å²) in [4.78, 5) is 20.4. The number of carbonyl (C=O) groups is 2. The number of hydrogen-bond acceptors (Lipinski definition) is 4. The van der Waals surface area contributed by atoms with Crippen LogP contribution in [-0.2, 0) is 9.59 Å². The zero-order valence-electron chi connectivity index (χ0n) is 9.04. The Hall–Kier alpha value is 1.58. The van der Waals surface area contributed by atoms with Crippen LogP contribution in [0, 0.1) is 5.92 Å². The first-order chi connectivity index (χ1) is 5.59. The predicted octanol–water partition coefficient (Wildman–Crippen LogP) is -7.31. The first kappa shape index (κ1) is 20.9. The zero-order valence-corrected chi connectivity index (χ0v) is 14.2. The summed E-state index contributed by atoms with van der Waals surface area (Å²) in [5.41, 5.74) is 0. The van der Waals surface area contributed by atoms with Crippen LogP contribution in [0.4, 0.5) is 0 Å². The third kappa shape index (κ3) is 10.1. The van der Waals surface area contributed by atoms with Crippen molar-refractivity contribution in [2.45, 2.75) is 32.6 Å². The molecule has 0 unspecified atom stereocenters. The van der Waals surface area contributed by atoms with Crippen molar-refractivity contribution < 1.29 is 101 Å². The van der Waals surface area contributed by atoms with Gasteiger partial charge in [-0.25, -0.2) is 0 Å². The molecule has 0 radical (unpaired) electrons. The van der Waals surface area contributed by atoms with Gasteiger partial charge in [0.2, 0.25) is 0 Å². The van der Waals surface area contributed by atoms with Crippen LogP contribution >= 0.6 is 0 Å². The number of rotatable bonds is 6. The van der Waals surface area contributed by atoms with Gasteiger partial charge in [-0.15, -0.1) is 0 Å². The third-order valence-electron chi connectivity index (χ3n) is 1.67. The summed E-state index contributed by atoms with van der Waals surface area (Å²) >= 11 is 0. The fourth-order valence-electron chi connectivity index (χ4n) is 0.930. The quantitative estimate of drug-likeness (QED) is 0.260. The van der Waals surface area contributed by atoms with Crippen molar-refractivity contribution in [1.29, 1.82) is 0 Å². The van der Waals surface area contributed by atoms with Crippen LogP contribution in [0.3, 0.4) is 0 Å². The van der Waals surface area contributed by atoms with E-state index in [2.05, 4.69) is 0 Å². The molecule has 14 heavy (non-hydrogen) atoms. The molecule has 0 aliphatic carbocycles. The molecule has 0 amide bonds. The van der Waals surface area contributed by atoms with Crippen molar-refractivity contribution in [2.24, 2.45) is 5.92 Å². The van der Waals surface area contributed by atoms with Crippen molar-refractivity contribution in [3.63, 3.8) is 0 Å². The molecule has 0 saturated heterocycles. The van der Waals surface area contributed by atoms with Gasteiger partial charge >= 0.3 is 80.9 Å². The van der Waals surface area contributed by atoms with Crippen LogP contribution in [0.1, 0.15) is 32.6 Å². The van der Waals surface area contributed by atoms with Crippen LogP contribution in [0.25, 0.3) is 0 Å². The first-order valence-corrected chi connectivity index (χ1v) is 4.01. The Balaban J connectivity index is -0.000000605. The Morgan fingerprint density at radius 3 is 1.86 bits per heavy atom. The largest absolute Gasteiger partial charge is 1.00 e. The fraction of sp³-hybridized carbons (Fsp3) is 0.750. The maximum absolute atomic E-state index is 10.2. The molecule has 0 atom stereocenters. The predicted molar refractivity (Wildman–Crippen MR) is 37.6 cm³/mol. The first-order valence-electron chi connectivity index (χ1n) is 4.01. The molecule has 0 aromatic carbocycles. The minimum Gasteiger partial charge on any atom is -0.549 e. The van der Waals surface area contributed by atoms with Gasteiger partial charge in [-0.1, -0.05) is 26.2 Å². The fourth-order valence-corrected chi connectivity index (χ4v) is 0.930. The molecule has 0 aliphatic heterocycles. The van der Waals surface area contributed by atoms with E-state index in [-0.39, 0.29) is 87.4 Å². The van der Waals surface area contributed by atoms with Crippen molar-refractivity contribution in [1.82, 2.24) is 0 Å². The molecule has 0 N–H and O–H groups in total. The molecule has 0 bridgehead atoms. The Morgan fingerprint density at radius 1 is 1.14 bits per heavy atom. The molecule has 4 nitrogen and oxygen atoms in total. The Bertz CT molecular complexity index is 161. The van der Waals surface area contributed by atoms with Gasteiger partial charge in [0, 0.05) is 5.92 Å². The van der Waals surface area contributed by atoms with Crippen LogP contribution in [0.15, 0.2) is 0 Å². The SMILES string of the molecule is CCCCCC(C(=O)[O-])C(=O)[O-].[K+].[Na+]. The smallest absolute Gasteiger partial charge is 0.549 e. The van der Waals surface area contributed by atoms with Gasteiger partial charge in [0.15, 0.2) is 0 Å². The molecule has 0 aromatic heterocycles. The summed E-state index contributed by atoms with van der Waals surface area (Å²) in [5.74, 6) is -4.55. The molecule has 0 aliphatic rings. The van der Waals surface area contributed by atoms with E-state index in [9.17, 15) is 19.8 Å². The molecule has 0 rings (SSSR count). The number of carboxylic acid groups (broad SMARTS) is 2. The number of carboxylic acids is 2. The Morgan fingerprint density at radius 2 is 1.57 bits per heavy atom. The topological polar surface area (TPSA) is 80.3 Å². The second-order valence-corrected chi connectivity index (χ2v) is 2.69. The maximum atomic E-state index is 10.2. The van der Waals surface area contributed by atoms with Crippen LogP contribution in [0.2, 0.25) is 0 Å². The normalized spacial score (nSPS) is 8.71. The molecule has 0 heterocycles. The van der Waals surface area contributed by atoms with Gasteiger partial charge in [-0.3, -0.25) is 0 Å². The summed E-state index contributed by atoms with van der Waals surface area (Å²) < 4.78 is 0. The molecule has 70 valence electrons. The molecular formula is C8H12KNaO4. The van der Waals surface area contributed by atoms with Crippen molar-refractivity contribution in [3.8, 4) is 0 Å². The Kier molecular flexibility index (Phi) is 18.9. The summed E-state index contributed by atoms with van der Waals surface area (Å²) in [6, 6.07) is 0. The van der Waals surface area contributed by atoms with Gasteiger partial charge in [0.05, 0.1) is 11.9 Å². The van der Waals surface area contributed by atoms with Gasteiger partial charge < -0.3 is 19.8 Å². The number of aliphatic carboxylic acids is 2. The summed E-state index contributed by atoms with van der Waals surface area (Å²) in [6.45, 7) is 1.95. The molecule has 0 aromatic rings. The van der Waals surface area contributed by atoms with Crippen LogP contribution in [0.5, 0.6) is 0 Å². The second-order valence-electron chi connectivity index (χ2n) is 2.69. The van der Waals surface area contributed by atoms with Gasteiger partial charge in [-0.05, 0) is 6.42 Å². The van der Waals surface area contributed by atoms with E-state index in [0.717, 1.165) is 12.8 Å². The van der Waals surface area contributed by atoms with Crippen LogP contribution in [-0.4, -0.2) is 11.9 Å². The van der Waals surface area contributed by atoms with E-state index in [1.807, 2.05) is 6.92 Å². The minimum absolute atomic E-state index is 0. The van der Waals surface area contributed by atoms with Gasteiger partial charge in [-0.2, -0.15) is 0 Å². The summed E-state index contributed by atoms with van der Waals surface area (Å²) in [6.07, 6.45) is 2.45. The molecular weight excluding hydrogens is 222 g/mol. The van der Waals surface area contributed by atoms with Crippen molar-refractivity contribution >= 4 is 11.9 Å². The third-order valence-corrected chi connectivity index (χ3v) is 1.67. The summed E-state index contributed by atoms with van der Waals surface area (Å²) in [5, 5.41) is 20.4. The van der Waals surface area contributed by atoms with Crippen molar-refractivity contribution in [3.05, 3.63) is 0 Å². The van der Waals surface area contributed by atoms with E-state index in [4.69, 9.17) is 0 Å². The van der Waals surface area contributed by atoms with Crippen molar-refractivity contribution in [2.75, 3.05) is 0 Å². The maximum Gasteiger partial charge on any atom is 1.00 e. The molecule has 0 spiro atoms. The number of hydrogen-bond donors (Lipinski definition) is 0. The van der Waals surface area contributed by atoms with E-state index < -0.39 is 17.9 Å². The average molecular weight is 234 g/mol. The number of unbranched alkanes of at least 4 members (excludes halogenated alkanes) is 2. The molecule has 6 heteroatoms. The summed E-state index contributed by atoms with van der Waals surface area (Å²) in [7, 11) is 0. The second kappa shape index (κ2) is 12.6. The standard InChI is InChI=1S/C8H14O4.K.Na/c1-2-3-4-5-6(7(9)10)8(11)12;;/h6H,2-5H2,1H3,(H,9,10)(H,11,12);;/q;2*+1/p-2. The van der Waals surface area contributed by atoms with Gasteiger partial charge in [0.25, 0.3) is 0 Å². The number of carbonyl (C=O) groups excluding carboxylic acids is 2. The van der Waals surface area contributed by atoms with E-state index >= 15 is 0 Å². The molecule has 0 saturated carbocycles. The van der Waals surface area contributed by atoms with E-state index in [1.54, 1.807) is 0 Å². The van der Waals surface area contributed by atoms with E-state index in [0.29, 0.717) is 6.42 Å². The minimum atomic E-state index is -1.55. The average Bonchev–Trinajstić information content (AvgIpc) is 1.96. The molecule has 0 fully saturated rings. The van der Waals surface area contributed by atoms with E-state index in [1.165, 1.54) is 0 Å². The monoisotopic (exact) mass is 234 g/mol. The zero-order chi connectivity index (χ0) is 9.56. The van der Waals surface area contributed by atoms with Crippen LogP contribution < -0.4 is 91.2 Å². The Labute approximate surface area is 149 Å². The van der Waals surface area contributed by atoms with Gasteiger partial charge in [0.1, 0.15) is 0 Å².